The van der Waals surface area contributed by atoms with Crippen molar-refractivity contribution in [2.45, 2.75) is 39.8 Å². The van der Waals surface area contributed by atoms with E-state index in [1.165, 1.54) is 0 Å². The molecule has 0 radical (unpaired) electrons. The van der Waals surface area contributed by atoms with Gasteiger partial charge in [-0.05, 0) is 48.2 Å². The summed E-state index contributed by atoms with van der Waals surface area (Å²) in [6.45, 7) is 9.97. The third kappa shape index (κ3) is 5.75. The number of benzene rings is 4. The molecule has 0 fully saturated rings. The van der Waals surface area contributed by atoms with Gasteiger partial charge in [-0.15, -0.1) is 0 Å². The molecule has 42 heavy (non-hydrogen) atoms. The minimum atomic E-state index is 0.179. The van der Waals surface area contributed by atoms with E-state index in [2.05, 4.69) is 111 Å². The number of rotatable bonds is 9. The summed E-state index contributed by atoms with van der Waals surface area (Å²) in [5, 5.41) is 7.39. The van der Waals surface area contributed by atoms with Crippen LogP contribution in [-0.2, 0) is 9.47 Å². The van der Waals surface area contributed by atoms with Crippen LogP contribution in [0.15, 0.2) is 107 Å². The number of hydrogen-bond acceptors (Lipinski definition) is 6. The number of nitrogens with one attached hydrogen (secondary N) is 2. The topological polar surface area (TPSA) is 67.2 Å². The fraction of sp³-hybridized carbons (Fsp3) is 0.278. The van der Waals surface area contributed by atoms with Gasteiger partial charge in [-0.3, -0.25) is 0 Å². The summed E-state index contributed by atoms with van der Waals surface area (Å²) in [5.74, 6) is 2.26. The van der Waals surface area contributed by atoms with Gasteiger partial charge in [0.25, 0.3) is 0 Å². The summed E-state index contributed by atoms with van der Waals surface area (Å²) in [4.78, 5) is 9.76. The van der Waals surface area contributed by atoms with Crippen LogP contribution in [0.5, 0.6) is 0 Å². The molecule has 2 aliphatic rings. The number of nitrogens with zero attached hydrogens (tertiary/aromatic N) is 2. The van der Waals surface area contributed by atoms with E-state index in [0.717, 1.165) is 45.0 Å². The maximum absolute atomic E-state index is 6.04. The Kier molecular flexibility index (Phi) is 7.95. The summed E-state index contributed by atoms with van der Waals surface area (Å²) in [5.41, 5.74) is 8.00. The van der Waals surface area contributed by atoms with Crippen molar-refractivity contribution in [3.63, 3.8) is 0 Å². The predicted molar refractivity (Wildman–Crippen MR) is 174 cm³/mol. The summed E-state index contributed by atoms with van der Waals surface area (Å²) in [6.07, 6.45) is 0. The molecule has 6 heteroatoms. The zero-order chi connectivity index (χ0) is 29.1. The molecule has 4 aromatic rings. The molecule has 0 spiro atoms. The normalized spacial score (nSPS) is 18.0. The second-order valence-corrected chi connectivity index (χ2v) is 11.5. The van der Waals surface area contributed by atoms with Gasteiger partial charge in [-0.2, -0.15) is 0 Å². The summed E-state index contributed by atoms with van der Waals surface area (Å²) in [7, 11) is 0. The van der Waals surface area contributed by atoms with Gasteiger partial charge in [0.15, 0.2) is 0 Å². The lowest BCUT2D eigenvalue weighted by atomic mass is 10.0. The average molecular weight is 559 g/mol. The molecule has 0 saturated heterocycles. The Morgan fingerprint density at radius 3 is 1.14 bits per heavy atom. The molecule has 0 aromatic heterocycles. The van der Waals surface area contributed by atoms with Crippen LogP contribution in [0.4, 0.5) is 22.7 Å². The lowest BCUT2D eigenvalue weighted by Gasteiger charge is -2.19. The SMILES string of the molecule is CC(C)[C@H]1COC(c2ccccc2Nc2ccccc2-c2ccccc2Nc2ccccc2C2=N[C@@H](C(C)C)CO2)=N1. The van der Waals surface area contributed by atoms with Crippen molar-refractivity contribution in [1.29, 1.82) is 0 Å². The summed E-state index contributed by atoms with van der Waals surface area (Å²) < 4.78 is 12.1. The van der Waals surface area contributed by atoms with E-state index in [-0.39, 0.29) is 12.1 Å². The van der Waals surface area contributed by atoms with E-state index in [9.17, 15) is 0 Å². The van der Waals surface area contributed by atoms with Gasteiger partial charge in [0.2, 0.25) is 11.8 Å². The smallest absolute Gasteiger partial charge is 0.218 e. The molecule has 2 heterocycles. The summed E-state index contributed by atoms with van der Waals surface area (Å²) >= 11 is 0. The lowest BCUT2D eigenvalue weighted by molar-refractivity contribution is 0.292. The van der Waals surface area contributed by atoms with Crippen LogP contribution in [-0.4, -0.2) is 37.1 Å². The number of aliphatic imine (C=N–C) groups is 2. The van der Waals surface area contributed by atoms with E-state index in [0.29, 0.717) is 36.8 Å². The predicted octanol–water partition coefficient (Wildman–Crippen LogP) is 8.44. The first-order chi connectivity index (χ1) is 20.5. The van der Waals surface area contributed by atoms with Crippen LogP contribution >= 0.6 is 0 Å². The van der Waals surface area contributed by atoms with Crippen LogP contribution in [0.25, 0.3) is 11.1 Å². The fourth-order valence-corrected chi connectivity index (χ4v) is 5.26. The molecule has 0 aliphatic carbocycles. The van der Waals surface area contributed by atoms with E-state index in [1.807, 2.05) is 24.3 Å². The fourth-order valence-electron chi connectivity index (χ4n) is 5.26. The average Bonchev–Trinajstić information content (AvgIpc) is 3.70. The Bertz CT molecular complexity index is 1500. The molecule has 2 N–H and O–H groups in total. The highest BCUT2D eigenvalue weighted by molar-refractivity contribution is 6.03. The Balaban J connectivity index is 1.33. The van der Waals surface area contributed by atoms with Gasteiger partial charge in [0, 0.05) is 22.5 Å². The molecule has 0 bridgehead atoms. The van der Waals surface area contributed by atoms with Gasteiger partial charge in [-0.1, -0.05) is 88.4 Å². The van der Waals surface area contributed by atoms with E-state index >= 15 is 0 Å². The third-order valence-electron chi connectivity index (χ3n) is 7.88. The lowest BCUT2D eigenvalue weighted by Crippen LogP contribution is -2.13. The first kappa shape index (κ1) is 27.6. The number of para-hydroxylation sites is 4. The molecular formula is C36H38N4O2. The first-order valence-electron chi connectivity index (χ1n) is 14.8. The number of hydrogen-bond donors (Lipinski definition) is 2. The van der Waals surface area contributed by atoms with Crippen molar-refractivity contribution in [1.82, 2.24) is 0 Å². The first-order valence-corrected chi connectivity index (χ1v) is 14.8. The van der Waals surface area contributed by atoms with Crippen LogP contribution in [0.1, 0.15) is 38.8 Å². The molecule has 0 amide bonds. The maximum Gasteiger partial charge on any atom is 0.218 e. The second-order valence-electron chi connectivity index (χ2n) is 11.5. The molecule has 2 atom stereocenters. The van der Waals surface area contributed by atoms with Gasteiger partial charge >= 0.3 is 0 Å². The molecule has 214 valence electrons. The van der Waals surface area contributed by atoms with Crippen molar-refractivity contribution in [2.24, 2.45) is 21.8 Å². The maximum atomic E-state index is 6.04. The van der Waals surface area contributed by atoms with E-state index in [1.54, 1.807) is 0 Å². The Morgan fingerprint density at radius 2 is 0.810 bits per heavy atom. The Labute approximate surface area is 248 Å². The Hall–Kier alpha value is -4.58. The zero-order valence-electron chi connectivity index (χ0n) is 24.7. The van der Waals surface area contributed by atoms with Crippen LogP contribution < -0.4 is 10.6 Å². The van der Waals surface area contributed by atoms with Gasteiger partial charge in [-0.25, -0.2) is 9.98 Å². The summed E-state index contributed by atoms with van der Waals surface area (Å²) in [6, 6.07) is 33.5. The van der Waals surface area contributed by atoms with Crippen LogP contribution in [0.3, 0.4) is 0 Å². The van der Waals surface area contributed by atoms with Crippen LogP contribution in [0, 0.1) is 11.8 Å². The second kappa shape index (κ2) is 12.1. The van der Waals surface area contributed by atoms with Crippen molar-refractivity contribution in [3.05, 3.63) is 108 Å². The molecule has 2 aliphatic heterocycles. The van der Waals surface area contributed by atoms with Crippen molar-refractivity contribution in [3.8, 4) is 11.1 Å². The van der Waals surface area contributed by atoms with Gasteiger partial charge in [0.1, 0.15) is 13.2 Å². The Morgan fingerprint density at radius 1 is 0.500 bits per heavy atom. The monoisotopic (exact) mass is 558 g/mol. The van der Waals surface area contributed by atoms with Crippen LogP contribution in [0.2, 0.25) is 0 Å². The van der Waals surface area contributed by atoms with Crippen molar-refractivity contribution < 1.29 is 9.47 Å². The largest absolute Gasteiger partial charge is 0.475 e. The van der Waals surface area contributed by atoms with Crippen molar-refractivity contribution in [2.75, 3.05) is 23.8 Å². The molecule has 6 rings (SSSR count). The molecule has 0 saturated carbocycles. The van der Waals surface area contributed by atoms with E-state index < -0.39 is 0 Å². The molecular weight excluding hydrogens is 520 g/mol. The molecule has 0 unspecified atom stereocenters. The van der Waals surface area contributed by atoms with E-state index in [4.69, 9.17) is 19.5 Å². The minimum absolute atomic E-state index is 0.179. The highest BCUT2D eigenvalue weighted by Crippen LogP contribution is 2.38. The quantitative estimate of drug-likeness (QED) is 0.216. The number of anilines is 4. The highest BCUT2D eigenvalue weighted by Gasteiger charge is 2.26. The third-order valence-corrected chi connectivity index (χ3v) is 7.88. The highest BCUT2D eigenvalue weighted by atomic mass is 16.5. The number of ether oxygens (including phenoxy) is 2. The molecule has 4 aromatic carbocycles. The molecule has 6 nitrogen and oxygen atoms in total. The van der Waals surface area contributed by atoms with Gasteiger partial charge < -0.3 is 20.1 Å². The van der Waals surface area contributed by atoms with Crippen molar-refractivity contribution >= 4 is 34.5 Å². The minimum Gasteiger partial charge on any atom is -0.475 e. The zero-order valence-corrected chi connectivity index (χ0v) is 24.7. The van der Waals surface area contributed by atoms with Gasteiger partial charge in [0.05, 0.1) is 34.6 Å². The standard InChI is InChI=1S/C36H38N4O2/c1-23(2)33-21-41-35(39-33)27-15-7-11-19-31(27)37-29-17-9-5-13-25(29)26-14-6-10-18-30(26)38-32-20-12-8-16-28(32)36-40-34(22-42-36)24(3)4/h5-20,23-24,33-34,37-38H,21-22H2,1-4H3/t33-,34-/m1/s1.